The molecular weight excluding hydrogens is 619 g/mol. The summed E-state index contributed by atoms with van der Waals surface area (Å²) in [6, 6.07) is 10.6. The van der Waals surface area contributed by atoms with Crippen LogP contribution in [-0.2, 0) is 15.0 Å². The second-order valence-electron chi connectivity index (χ2n) is 15.6. The SMILES string of the molecule is CC(=O)N1CCC2(CC1)C(=O)N(C1CC(N3CCC(C)(C)C3)C1)c1cc(-c3cc4ncn(C(C)C)c4c(Nc4ccncc4F)n3)ccc12. The van der Waals surface area contributed by atoms with Crippen LogP contribution in [0.25, 0.3) is 22.3 Å². The molecule has 2 saturated heterocycles. The zero-order valence-corrected chi connectivity index (χ0v) is 29.0. The third-order valence-electron chi connectivity index (χ3n) is 11.6. The summed E-state index contributed by atoms with van der Waals surface area (Å²) in [5.41, 5.74) is 5.06. The fourth-order valence-corrected chi connectivity index (χ4v) is 8.62. The van der Waals surface area contributed by atoms with Gasteiger partial charge in [-0.15, -0.1) is 0 Å². The number of nitrogens with one attached hydrogen (secondary N) is 1. The maximum atomic E-state index is 14.8. The molecule has 8 rings (SSSR count). The van der Waals surface area contributed by atoms with Gasteiger partial charge in [0.05, 0.1) is 34.8 Å². The molecule has 6 heterocycles. The number of likely N-dealkylation sites (tertiary alicyclic amines) is 2. The van der Waals surface area contributed by atoms with Gasteiger partial charge in [0, 0.05) is 62.1 Å². The molecule has 0 atom stereocenters. The van der Waals surface area contributed by atoms with Gasteiger partial charge >= 0.3 is 0 Å². The molecule has 2 amide bonds. The zero-order valence-electron chi connectivity index (χ0n) is 29.0. The molecule has 0 unspecified atom stereocenters. The van der Waals surface area contributed by atoms with E-state index in [1.54, 1.807) is 25.5 Å². The van der Waals surface area contributed by atoms with Gasteiger partial charge in [0.2, 0.25) is 11.8 Å². The summed E-state index contributed by atoms with van der Waals surface area (Å²) in [7, 11) is 0. The molecule has 49 heavy (non-hydrogen) atoms. The van der Waals surface area contributed by atoms with E-state index in [1.807, 2.05) is 15.5 Å². The van der Waals surface area contributed by atoms with Crippen molar-refractivity contribution in [1.82, 2.24) is 29.3 Å². The molecule has 0 bridgehead atoms. The van der Waals surface area contributed by atoms with Gasteiger partial charge in [0.1, 0.15) is 5.52 Å². The first kappa shape index (κ1) is 31.9. The fraction of sp³-hybridized carbons (Fsp3) is 0.500. The Bertz CT molecular complexity index is 1960. The quantitative estimate of drug-likeness (QED) is 0.253. The van der Waals surface area contributed by atoms with Gasteiger partial charge in [0.15, 0.2) is 11.6 Å². The van der Waals surface area contributed by atoms with Crippen LogP contribution < -0.4 is 10.2 Å². The van der Waals surface area contributed by atoms with Crippen molar-refractivity contribution in [2.24, 2.45) is 5.41 Å². The Morgan fingerprint density at radius 3 is 2.49 bits per heavy atom. The fourth-order valence-electron chi connectivity index (χ4n) is 8.62. The van der Waals surface area contributed by atoms with E-state index in [9.17, 15) is 14.0 Å². The van der Waals surface area contributed by atoms with Crippen LogP contribution in [0.2, 0.25) is 0 Å². The van der Waals surface area contributed by atoms with Crippen molar-refractivity contribution in [3.63, 3.8) is 0 Å². The second-order valence-corrected chi connectivity index (χ2v) is 15.6. The van der Waals surface area contributed by atoms with Crippen molar-refractivity contribution in [3.8, 4) is 11.3 Å². The molecule has 3 aliphatic heterocycles. The Balaban J connectivity index is 1.19. The van der Waals surface area contributed by atoms with Crippen LogP contribution in [0.15, 0.2) is 49.1 Å². The number of pyridine rings is 2. The van der Waals surface area contributed by atoms with Gasteiger partial charge in [-0.3, -0.25) is 19.5 Å². The van der Waals surface area contributed by atoms with E-state index < -0.39 is 11.2 Å². The predicted molar refractivity (Wildman–Crippen MR) is 188 cm³/mol. The summed E-state index contributed by atoms with van der Waals surface area (Å²) >= 11 is 0. The average Bonchev–Trinajstić information content (AvgIpc) is 3.71. The van der Waals surface area contributed by atoms with Gasteiger partial charge in [-0.05, 0) is 81.7 Å². The highest BCUT2D eigenvalue weighted by Gasteiger charge is 2.56. The largest absolute Gasteiger partial charge is 0.343 e. The van der Waals surface area contributed by atoms with Crippen LogP contribution in [0.3, 0.4) is 0 Å². The molecule has 4 aliphatic rings. The van der Waals surface area contributed by atoms with E-state index in [0.717, 1.165) is 53.8 Å². The molecular formula is C38H45FN8O2. The summed E-state index contributed by atoms with van der Waals surface area (Å²) in [5, 5.41) is 3.22. The highest BCUT2D eigenvalue weighted by molar-refractivity contribution is 6.09. The van der Waals surface area contributed by atoms with Crippen LogP contribution in [0.5, 0.6) is 0 Å². The molecule has 0 radical (unpaired) electrons. The normalized spacial score (nSPS) is 23.0. The van der Waals surface area contributed by atoms with Crippen molar-refractivity contribution in [2.45, 2.75) is 90.3 Å². The van der Waals surface area contributed by atoms with E-state index in [1.165, 1.54) is 12.6 Å². The molecule has 4 aromatic rings. The van der Waals surface area contributed by atoms with Crippen molar-refractivity contribution >= 4 is 40.0 Å². The number of benzene rings is 1. The maximum absolute atomic E-state index is 14.8. The van der Waals surface area contributed by atoms with Gasteiger partial charge < -0.3 is 19.7 Å². The van der Waals surface area contributed by atoms with Crippen molar-refractivity contribution in [2.75, 3.05) is 36.4 Å². The highest BCUT2D eigenvalue weighted by atomic mass is 19.1. The van der Waals surface area contributed by atoms with Crippen LogP contribution in [0.1, 0.15) is 78.3 Å². The lowest BCUT2D eigenvalue weighted by Crippen LogP contribution is -2.57. The van der Waals surface area contributed by atoms with E-state index in [-0.39, 0.29) is 29.6 Å². The lowest BCUT2D eigenvalue weighted by atomic mass is 9.73. The molecule has 1 saturated carbocycles. The minimum absolute atomic E-state index is 0.0560. The Hall–Kier alpha value is -4.38. The minimum atomic E-state index is -0.639. The number of carbonyl (C=O) groups is 2. The molecule has 1 spiro atoms. The van der Waals surface area contributed by atoms with E-state index >= 15 is 0 Å². The standard InChI is InChI=1S/C38H45FN8O2/c1-23(2)46-22-41-32-19-31(43-35(34(32)46)42-30-8-12-40-20-29(30)39)25-6-7-28-33(16-25)47(27-17-26(18-27)45-13-9-37(4,5)21-45)36(49)38(28)10-14-44(15-11-38)24(3)48/h6-8,12,16,19-20,22-23,26-27H,9-11,13-15,17-18,21H2,1-5H3,(H,40,42,43). The second kappa shape index (κ2) is 11.6. The van der Waals surface area contributed by atoms with Crippen LogP contribution in [0, 0.1) is 11.2 Å². The van der Waals surface area contributed by atoms with Crippen LogP contribution in [-0.4, -0.2) is 79.4 Å². The topological polar surface area (TPSA) is 99.5 Å². The van der Waals surface area contributed by atoms with E-state index in [0.29, 0.717) is 48.9 Å². The van der Waals surface area contributed by atoms with Gasteiger partial charge in [-0.1, -0.05) is 26.0 Å². The lowest BCUT2D eigenvalue weighted by Gasteiger charge is -2.46. The average molecular weight is 665 g/mol. The summed E-state index contributed by atoms with van der Waals surface area (Å²) in [5.74, 6) is 0.256. The number of carbonyl (C=O) groups excluding carboxylic acids is 2. The predicted octanol–water partition coefficient (Wildman–Crippen LogP) is 6.45. The molecule has 11 heteroatoms. The number of rotatable bonds is 6. The molecule has 3 aromatic heterocycles. The Labute approximate surface area is 286 Å². The number of anilines is 3. The van der Waals surface area contributed by atoms with Gasteiger partial charge in [-0.2, -0.15) is 0 Å². The lowest BCUT2D eigenvalue weighted by molar-refractivity contribution is -0.134. The molecule has 3 fully saturated rings. The Morgan fingerprint density at radius 2 is 1.82 bits per heavy atom. The number of hydrogen-bond acceptors (Lipinski definition) is 7. The number of halogens is 1. The number of imidazole rings is 1. The third-order valence-corrected chi connectivity index (χ3v) is 11.6. The smallest absolute Gasteiger partial charge is 0.238 e. The number of nitrogens with zero attached hydrogens (tertiary/aromatic N) is 7. The number of aromatic nitrogens is 4. The molecule has 1 aliphatic carbocycles. The molecule has 10 nitrogen and oxygen atoms in total. The third kappa shape index (κ3) is 5.28. The first-order valence-corrected chi connectivity index (χ1v) is 17.7. The zero-order chi connectivity index (χ0) is 34.2. The first-order valence-electron chi connectivity index (χ1n) is 17.7. The van der Waals surface area contributed by atoms with Crippen molar-refractivity contribution < 1.29 is 14.0 Å². The number of hydrogen-bond donors (Lipinski definition) is 1. The van der Waals surface area contributed by atoms with Crippen LogP contribution in [0.4, 0.5) is 21.6 Å². The summed E-state index contributed by atoms with van der Waals surface area (Å²) < 4.78 is 16.8. The van der Waals surface area contributed by atoms with Crippen molar-refractivity contribution in [3.05, 3.63) is 60.4 Å². The Morgan fingerprint density at radius 1 is 1.04 bits per heavy atom. The number of amides is 2. The monoisotopic (exact) mass is 664 g/mol. The van der Waals surface area contributed by atoms with Crippen LogP contribution >= 0.6 is 0 Å². The summed E-state index contributed by atoms with van der Waals surface area (Å²) in [6.07, 6.45) is 8.89. The number of piperidine rings is 1. The molecule has 1 aromatic carbocycles. The number of fused-ring (bicyclic) bond motifs is 3. The molecule has 256 valence electrons. The molecule has 1 N–H and O–H groups in total. The van der Waals surface area contributed by atoms with Gasteiger partial charge in [0.25, 0.3) is 0 Å². The minimum Gasteiger partial charge on any atom is -0.343 e. The van der Waals surface area contributed by atoms with E-state index in [2.05, 4.69) is 66.0 Å². The first-order chi connectivity index (χ1) is 23.4. The van der Waals surface area contributed by atoms with E-state index in [4.69, 9.17) is 9.97 Å². The van der Waals surface area contributed by atoms with Crippen molar-refractivity contribution in [1.29, 1.82) is 0 Å². The summed E-state index contributed by atoms with van der Waals surface area (Å²) in [4.78, 5) is 47.2. The Kier molecular flexibility index (Phi) is 7.55. The summed E-state index contributed by atoms with van der Waals surface area (Å²) in [6.45, 7) is 13.8. The highest BCUT2D eigenvalue weighted by Crippen LogP contribution is 2.52. The maximum Gasteiger partial charge on any atom is 0.238 e. The van der Waals surface area contributed by atoms with Gasteiger partial charge in [-0.25, -0.2) is 14.4 Å².